The van der Waals surface area contributed by atoms with Crippen LogP contribution >= 0.6 is 0 Å². The maximum Gasteiger partial charge on any atom is 0.309 e. The summed E-state index contributed by atoms with van der Waals surface area (Å²) < 4.78 is 4.88. The van der Waals surface area contributed by atoms with E-state index in [1.54, 1.807) is 0 Å². The summed E-state index contributed by atoms with van der Waals surface area (Å²) in [6.07, 6.45) is 1.000. The highest BCUT2D eigenvalue weighted by molar-refractivity contribution is 5.75. The quantitative estimate of drug-likeness (QED) is 0.600. The summed E-state index contributed by atoms with van der Waals surface area (Å²) >= 11 is 0. The highest BCUT2D eigenvalue weighted by Gasteiger charge is 2.43. The van der Waals surface area contributed by atoms with Gasteiger partial charge >= 0.3 is 5.97 Å². The predicted molar refractivity (Wildman–Crippen MR) is 42.2 cm³/mol. The van der Waals surface area contributed by atoms with Gasteiger partial charge in [-0.3, -0.25) is 4.79 Å². The number of carbonyl (C=O) groups excluding carboxylic acids is 1. The molecule has 64 valence electrons. The number of carbonyl (C=O) groups is 1. The largest absolute Gasteiger partial charge is 0.466 e. The minimum absolute atomic E-state index is 0.0206. The van der Waals surface area contributed by atoms with Crippen molar-refractivity contribution in [3.8, 4) is 0 Å². The van der Waals surface area contributed by atoms with E-state index in [0.29, 0.717) is 12.5 Å². The summed E-state index contributed by atoms with van der Waals surface area (Å²) in [5, 5.41) is 3.05. The van der Waals surface area contributed by atoms with Gasteiger partial charge in [-0.15, -0.1) is 0 Å². The molecule has 0 heterocycles. The molecule has 0 aliphatic heterocycles. The molecular weight excluding hydrogens is 142 g/mol. The predicted octanol–water partition coefficient (Wildman–Crippen LogP) is 0.405. The molecule has 0 aromatic rings. The molecule has 0 amide bonds. The van der Waals surface area contributed by atoms with Gasteiger partial charge in [-0.2, -0.15) is 0 Å². The van der Waals surface area contributed by atoms with E-state index in [1.165, 1.54) is 0 Å². The number of ether oxygens (including phenoxy) is 1. The van der Waals surface area contributed by atoms with Gasteiger partial charge < -0.3 is 10.1 Å². The van der Waals surface area contributed by atoms with Crippen LogP contribution in [0.5, 0.6) is 0 Å². The zero-order valence-electron chi connectivity index (χ0n) is 7.09. The van der Waals surface area contributed by atoms with Crippen LogP contribution in [0.3, 0.4) is 0 Å². The number of hydrogen-bond acceptors (Lipinski definition) is 3. The maximum absolute atomic E-state index is 11.0. The highest BCUT2D eigenvalue weighted by Crippen LogP contribution is 2.38. The summed E-state index contributed by atoms with van der Waals surface area (Å²) in [6.45, 7) is 3.28. The fourth-order valence-electron chi connectivity index (χ4n) is 1.27. The van der Waals surface area contributed by atoms with Gasteiger partial charge in [0.2, 0.25) is 0 Å². The molecular formula is C8H15NO2. The Morgan fingerprint density at radius 1 is 1.73 bits per heavy atom. The van der Waals surface area contributed by atoms with E-state index in [1.807, 2.05) is 14.0 Å². The molecule has 1 rings (SSSR count). The minimum Gasteiger partial charge on any atom is -0.466 e. The van der Waals surface area contributed by atoms with E-state index in [0.717, 1.165) is 13.0 Å². The fraction of sp³-hybridized carbons (Fsp3) is 0.875. The van der Waals surface area contributed by atoms with Crippen LogP contribution in [0.25, 0.3) is 0 Å². The zero-order chi connectivity index (χ0) is 8.27. The van der Waals surface area contributed by atoms with Crippen molar-refractivity contribution in [3.05, 3.63) is 0 Å². The number of hydrogen-bond donors (Lipinski definition) is 1. The molecule has 3 nitrogen and oxygen atoms in total. The molecule has 11 heavy (non-hydrogen) atoms. The summed E-state index contributed by atoms with van der Waals surface area (Å²) in [5.41, 5.74) is 0. The summed E-state index contributed by atoms with van der Waals surface area (Å²) in [6, 6.07) is 0. The van der Waals surface area contributed by atoms with Crippen LogP contribution in [0.4, 0.5) is 0 Å². The van der Waals surface area contributed by atoms with Gasteiger partial charge in [0.15, 0.2) is 0 Å². The number of rotatable bonds is 4. The number of esters is 1. The second kappa shape index (κ2) is 3.72. The molecule has 0 unspecified atom stereocenters. The SMILES string of the molecule is CCOC(=O)[C@@H]1C[C@H]1CNC. The minimum atomic E-state index is -0.0206. The molecule has 0 saturated heterocycles. The summed E-state index contributed by atoms with van der Waals surface area (Å²) in [7, 11) is 1.90. The van der Waals surface area contributed by atoms with Gasteiger partial charge in [-0.25, -0.2) is 0 Å². The first kappa shape index (κ1) is 8.53. The monoisotopic (exact) mass is 157 g/mol. The Kier molecular flexibility index (Phi) is 2.88. The van der Waals surface area contributed by atoms with Crippen molar-refractivity contribution in [3.63, 3.8) is 0 Å². The van der Waals surface area contributed by atoms with Gasteiger partial charge in [0.25, 0.3) is 0 Å². The Labute approximate surface area is 67.1 Å². The first-order valence-corrected chi connectivity index (χ1v) is 4.10. The third-order valence-electron chi connectivity index (χ3n) is 1.98. The van der Waals surface area contributed by atoms with Crippen molar-refractivity contribution in [2.24, 2.45) is 11.8 Å². The summed E-state index contributed by atoms with van der Waals surface area (Å²) in [4.78, 5) is 11.0. The molecule has 0 spiro atoms. The lowest BCUT2D eigenvalue weighted by Crippen LogP contribution is -2.14. The number of nitrogens with one attached hydrogen (secondary N) is 1. The van der Waals surface area contributed by atoms with Crippen molar-refractivity contribution in [2.45, 2.75) is 13.3 Å². The lowest BCUT2D eigenvalue weighted by atomic mass is 10.3. The molecule has 0 aromatic heterocycles. The molecule has 0 bridgehead atoms. The smallest absolute Gasteiger partial charge is 0.309 e. The van der Waals surface area contributed by atoms with Gasteiger partial charge in [0.05, 0.1) is 12.5 Å². The second-order valence-corrected chi connectivity index (χ2v) is 2.91. The molecule has 2 atom stereocenters. The Balaban J connectivity index is 2.15. The Bertz CT molecular complexity index is 147. The molecule has 1 fully saturated rings. The lowest BCUT2D eigenvalue weighted by molar-refractivity contribution is -0.145. The van der Waals surface area contributed by atoms with Crippen molar-refractivity contribution in [1.82, 2.24) is 5.32 Å². The zero-order valence-corrected chi connectivity index (χ0v) is 7.09. The maximum atomic E-state index is 11.0. The highest BCUT2D eigenvalue weighted by atomic mass is 16.5. The molecule has 3 heteroatoms. The van der Waals surface area contributed by atoms with E-state index < -0.39 is 0 Å². The van der Waals surface area contributed by atoms with E-state index >= 15 is 0 Å². The van der Waals surface area contributed by atoms with Gasteiger partial charge in [0, 0.05) is 0 Å². The fourth-order valence-corrected chi connectivity index (χ4v) is 1.27. The van der Waals surface area contributed by atoms with Crippen molar-refractivity contribution in [1.29, 1.82) is 0 Å². The first-order valence-electron chi connectivity index (χ1n) is 4.10. The molecule has 1 saturated carbocycles. The van der Waals surface area contributed by atoms with Crippen molar-refractivity contribution in [2.75, 3.05) is 20.2 Å². The van der Waals surface area contributed by atoms with Crippen LogP contribution in [0.2, 0.25) is 0 Å². The standard InChI is InChI=1S/C8H15NO2/c1-3-11-8(10)7-4-6(7)5-9-2/h6-7,9H,3-5H2,1-2H3/t6-,7+/m0/s1. The van der Waals surface area contributed by atoms with Crippen LogP contribution < -0.4 is 5.32 Å². The normalized spacial score (nSPS) is 28.2. The molecule has 0 aromatic carbocycles. The third-order valence-corrected chi connectivity index (χ3v) is 1.98. The van der Waals surface area contributed by atoms with Crippen LogP contribution in [0, 0.1) is 11.8 Å². The van der Waals surface area contributed by atoms with E-state index in [2.05, 4.69) is 5.32 Å². The first-order chi connectivity index (χ1) is 5.29. The van der Waals surface area contributed by atoms with E-state index in [9.17, 15) is 4.79 Å². The molecule has 1 aliphatic rings. The van der Waals surface area contributed by atoms with Gasteiger partial charge in [-0.1, -0.05) is 0 Å². The Morgan fingerprint density at radius 3 is 3.00 bits per heavy atom. The van der Waals surface area contributed by atoms with Gasteiger partial charge in [0.1, 0.15) is 0 Å². The van der Waals surface area contributed by atoms with Crippen molar-refractivity contribution < 1.29 is 9.53 Å². The van der Waals surface area contributed by atoms with Crippen molar-refractivity contribution >= 4 is 5.97 Å². The average Bonchev–Trinajstić information content (AvgIpc) is 2.69. The Morgan fingerprint density at radius 2 is 2.45 bits per heavy atom. The van der Waals surface area contributed by atoms with Crippen LogP contribution in [0.1, 0.15) is 13.3 Å². The van der Waals surface area contributed by atoms with Gasteiger partial charge in [-0.05, 0) is 32.9 Å². The van der Waals surface area contributed by atoms with Crippen LogP contribution in [-0.2, 0) is 9.53 Å². The van der Waals surface area contributed by atoms with E-state index in [4.69, 9.17) is 4.74 Å². The Hall–Kier alpha value is -0.570. The third kappa shape index (κ3) is 2.19. The topological polar surface area (TPSA) is 38.3 Å². The molecule has 1 N–H and O–H groups in total. The lowest BCUT2D eigenvalue weighted by Gasteiger charge is -1.99. The second-order valence-electron chi connectivity index (χ2n) is 2.91. The van der Waals surface area contributed by atoms with Crippen LogP contribution in [-0.4, -0.2) is 26.2 Å². The van der Waals surface area contributed by atoms with E-state index in [-0.39, 0.29) is 11.9 Å². The summed E-state index contributed by atoms with van der Waals surface area (Å²) in [5.74, 6) is 0.689. The molecule has 0 radical (unpaired) electrons. The molecule has 1 aliphatic carbocycles. The van der Waals surface area contributed by atoms with Crippen LogP contribution in [0.15, 0.2) is 0 Å². The average molecular weight is 157 g/mol.